The highest BCUT2D eigenvalue weighted by molar-refractivity contribution is 5.74. The number of likely N-dealkylation sites (tertiary alicyclic amines) is 1. The Hall–Kier alpha value is -1.55. The molecular formula is C15H20N2O2. The summed E-state index contributed by atoms with van der Waals surface area (Å²) < 4.78 is 11.3. The average Bonchev–Trinajstić information content (AvgIpc) is 3.02. The van der Waals surface area contributed by atoms with Crippen molar-refractivity contribution in [3.05, 3.63) is 24.1 Å². The molecule has 3 rings (SSSR count). The summed E-state index contributed by atoms with van der Waals surface area (Å²) in [5.41, 5.74) is 1.69. The maximum atomic E-state index is 5.77. The predicted octanol–water partition coefficient (Wildman–Crippen LogP) is 3.00. The number of nitrogens with zero attached hydrogens (tertiary/aromatic N) is 2. The number of fused-ring (bicyclic) bond motifs is 1. The van der Waals surface area contributed by atoms with Gasteiger partial charge in [-0.2, -0.15) is 0 Å². The minimum absolute atomic E-state index is 0.696. The predicted molar refractivity (Wildman–Crippen MR) is 74.5 cm³/mol. The van der Waals surface area contributed by atoms with Crippen LogP contribution in [0, 0.1) is 6.92 Å². The van der Waals surface area contributed by atoms with Crippen LogP contribution in [0.5, 0.6) is 5.75 Å². The summed E-state index contributed by atoms with van der Waals surface area (Å²) in [7, 11) is 0. The summed E-state index contributed by atoms with van der Waals surface area (Å²) in [5, 5.41) is 0. The zero-order chi connectivity index (χ0) is 13.1. The first-order valence-electron chi connectivity index (χ1n) is 7.03. The molecule has 0 bridgehead atoms. The topological polar surface area (TPSA) is 38.5 Å². The lowest BCUT2D eigenvalue weighted by atomic mass is 10.3. The third-order valence-electron chi connectivity index (χ3n) is 3.55. The van der Waals surface area contributed by atoms with Crippen molar-refractivity contribution in [3.63, 3.8) is 0 Å². The van der Waals surface area contributed by atoms with Gasteiger partial charge in [-0.3, -0.25) is 0 Å². The molecule has 2 aromatic rings. The van der Waals surface area contributed by atoms with Crippen LogP contribution in [0.2, 0.25) is 0 Å². The van der Waals surface area contributed by atoms with Gasteiger partial charge in [0.1, 0.15) is 11.3 Å². The third kappa shape index (κ3) is 3.07. The number of hydrogen-bond donors (Lipinski definition) is 0. The first kappa shape index (κ1) is 12.5. The molecule has 1 fully saturated rings. The standard InChI is InChI=1S/C15H20N2O2/c1-12-16-14-6-5-13(11-15(14)19-12)18-10-4-9-17-7-2-3-8-17/h5-6,11H,2-4,7-10H2,1H3. The van der Waals surface area contributed by atoms with Crippen LogP contribution in [0.3, 0.4) is 0 Å². The molecule has 0 atom stereocenters. The quantitative estimate of drug-likeness (QED) is 0.775. The maximum Gasteiger partial charge on any atom is 0.192 e. The first-order chi connectivity index (χ1) is 9.31. The van der Waals surface area contributed by atoms with Crippen LogP contribution in [0.1, 0.15) is 25.2 Å². The second-order valence-electron chi connectivity index (χ2n) is 5.11. The lowest BCUT2D eigenvalue weighted by molar-refractivity contribution is 0.263. The monoisotopic (exact) mass is 260 g/mol. The van der Waals surface area contributed by atoms with Crippen molar-refractivity contribution >= 4 is 11.1 Å². The number of oxazole rings is 1. The highest BCUT2D eigenvalue weighted by Gasteiger charge is 2.10. The van der Waals surface area contributed by atoms with Crippen molar-refractivity contribution in [1.82, 2.24) is 9.88 Å². The Balaban J connectivity index is 1.50. The molecule has 102 valence electrons. The van der Waals surface area contributed by atoms with E-state index in [-0.39, 0.29) is 0 Å². The molecule has 0 saturated carbocycles. The molecular weight excluding hydrogens is 240 g/mol. The van der Waals surface area contributed by atoms with Crippen LogP contribution in [-0.2, 0) is 0 Å². The summed E-state index contributed by atoms with van der Waals surface area (Å²) in [5.74, 6) is 1.56. The van der Waals surface area contributed by atoms with E-state index in [2.05, 4.69) is 9.88 Å². The van der Waals surface area contributed by atoms with Crippen LogP contribution in [-0.4, -0.2) is 36.1 Å². The van der Waals surface area contributed by atoms with E-state index < -0.39 is 0 Å². The Morgan fingerprint density at radius 1 is 1.32 bits per heavy atom. The normalized spacial score (nSPS) is 16.3. The lowest BCUT2D eigenvalue weighted by Gasteiger charge is -2.14. The first-order valence-corrected chi connectivity index (χ1v) is 7.03. The molecule has 0 aliphatic carbocycles. The fourth-order valence-electron chi connectivity index (χ4n) is 2.59. The number of rotatable bonds is 5. The van der Waals surface area contributed by atoms with Gasteiger partial charge in [-0.25, -0.2) is 4.98 Å². The minimum Gasteiger partial charge on any atom is -0.493 e. The molecule has 19 heavy (non-hydrogen) atoms. The number of hydrogen-bond acceptors (Lipinski definition) is 4. The summed E-state index contributed by atoms with van der Waals surface area (Å²) in [4.78, 5) is 6.78. The molecule has 0 N–H and O–H groups in total. The van der Waals surface area contributed by atoms with E-state index >= 15 is 0 Å². The highest BCUT2D eigenvalue weighted by atomic mass is 16.5. The minimum atomic E-state index is 0.696. The summed E-state index contributed by atoms with van der Waals surface area (Å²) in [6.45, 7) is 6.27. The second kappa shape index (κ2) is 5.61. The fourth-order valence-corrected chi connectivity index (χ4v) is 2.59. The van der Waals surface area contributed by atoms with Gasteiger partial charge in [0.25, 0.3) is 0 Å². The Morgan fingerprint density at radius 3 is 3.00 bits per heavy atom. The van der Waals surface area contributed by atoms with E-state index in [1.807, 2.05) is 25.1 Å². The Kier molecular flexibility index (Phi) is 3.69. The van der Waals surface area contributed by atoms with Crippen LogP contribution in [0.4, 0.5) is 0 Å². The van der Waals surface area contributed by atoms with E-state index in [4.69, 9.17) is 9.15 Å². The molecule has 0 spiro atoms. The van der Waals surface area contributed by atoms with Gasteiger partial charge in [-0.05, 0) is 44.5 Å². The largest absolute Gasteiger partial charge is 0.493 e. The molecule has 0 amide bonds. The SMILES string of the molecule is Cc1nc2ccc(OCCCN3CCCC3)cc2o1. The van der Waals surface area contributed by atoms with Crippen molar-refractivity contribution in [2.24, 2.45) is 0 Å². The van der Waals surface area contributed by atoms with Crippen molar-refractivity contribution in [3.8, 4) is 5.75 Å². The van der Waals surface area contributed by atoms with E-state index in [0.29, 0.717) is 5.89 Å². The van der Waals surface area contributed by atoms with Gasteiger partial charge >= 0.3 is 0 Å². The number of aryl methyl sites for hydroxylation is 1. The van der Waals surface area contributed by atoms with E-state index in [9.17, 15) is 0 Å². The second-order valence-corrected chi connectivity index (χ2v) is 5.11. The van der Waals surface area contributed by atoms with Gasteiger partial charge < -0.3 is 14.1 Å². The lowest BCUT2D eigenvalue weighted by Crippen LogP contribution is -2.21. The van der Waals surface area contributed by atoms with Crippen LogP contribution in [0.15, 0.2) is 22.6 Å². The highest BCUT2D eigenvalue weighted by Crippen LogP contribution is 2.21. The molecule has 0 radical (unpaired) electrons. The van der Waals surface area contributed by atoms with Crippen LogP contribution >= 0.6 is 0 Å². The molecule has 4 nitrogen and oxygen atoms in total. The van der Waals surface area contributed by atoms with Gasteiger partial charge in [-0.15, -0.1) is 0 Å². The number of ether oxygens (including phenoxy) is 1. The average molecular weight is 260 g/mol. The van der Waals surface area contributed by atoms with Crippen molar-refractivity contribution < 1.29 is 9.15 Å². The van der Waals surface area contributed by atoms with E-state index in [0.717, 1.165) is 36.4 Å². The zero-order valence-electron chi connectivity index (χ0n) is 11.4. The van der Waals surface area contributed by atoms with Gasteiger partial charge in [0.05, 0.1) is 6.61 Å². The Morgan fingerprint density at radius 2 is 2.16 bits per heavy atom. The van der Waals surface area contributed by atoms with Crippen molar-refractivity contribution in [2.75, 3.05) is 26.2 Å². The summed E-state index contributed by atoms with van der Waals surface area (Å²) in [6, 6.07) is 5.83. The van der Waals surface area contributed by atoms with Crippen LogP contribution in [0.25, 0.3) is 11.1 Å². The molecule has 1 aliphatic heterocycles. The number of benzene rings is 1. The van der Waals surface area contributed by atoms with E-state index in [1.54, 1.807) is 0 Å². The van der Waals surface area contributed by atoms with Crippen LogP contribution < -0.4 is 4.74 Å². The summed E-state index contributed by atoms with van der Waals surface area (Å²) in [6.07, 6.45) is 3.78. The Bertz CT molecular complexity index is 544. The molecule has 1 aliphatic rings. The number of aromatic nitrogens is 1. The van der Waals surface area contributed by atoms with Crippen molar-refractivity contribution in [2.45, 2.75) is 26.2 Å². The zero-order valence-corrected chi connectivity index (χ0v) is 11.4. The fraction of sp³-hybridized carbons (Fsp3) is 0.533. The Labute approximate surface area is 113 Å². The van der Waals surface area contributed by atoms with Gasteiger partial charge in [-0.1, -0.05) is 0 Å². The summed E-state index contributed by atoms with van der Waals surface area (Å²) >= 11 is 0. The van der Waals surface area contributed by atoms with Gasteiger partial charge in [0, 0.05) is 19.5 Å². The molecule has 2 heterocycles. The van der Waals surface area contributed by atoms with Gasteiger partial charge in [0.2, 0.25) is 0 Å². The molecule has 4 heteroatoms. The molecule has 0 unspecified atom stereocenters. The van der Waals surface area contributed by atoms with Crippen molar-refractivity contribution in [1.29, 1.82) is 0 Å². The third-order valence-corrected chi connectivity index (χ3v) is 3.55. The molecule has 1 saturated heterocycles. The van der Waals surface area contributed by atoms with E-state index in [1.165, 1.54) is 25.9 Å². The molecule has 1 aromatic carbocycles. The smallest absolute Gasteiger partial charge is 0.192 e. The maximum absolute atomic E-state index is 5.77. The van der Waals surface area contributed by atoms with Gasteiger partial charge in [0.15, 0.2) is 11.5 Å². The molecule has 1 aromatic heterocycles.